The predicted molar refractivity (Wildman–Crippen MR) is 46.3 cm³/mol. The van der Waals surface area contributed by atoms with Gasteiger partial charge >= 0.3 is 0 Å². The lowest BCUT2D eigenvalue weighted by atomic mass is 9.71. The number of fused-ring (bicyclic) bond motifs is 2. The fraction of sp³-hybridized carbons (Fsp3) is 1.00. The highest BCUT2D eigenvalue weighted by molar-refractivity contribution is 5.04. The molecule has 3 atom stereocenters. The number of hydrogen-bond acceptors (Lipinski definition) is 0. The normalized spacial score (nSPS) is 55.4. The third kappa shape index (κ3) is 0.761. The standard InChI is InChI=1S/C11H18/c1-11(9-4-5-9)7-8-2-3-10(11)6-8/h8-10H,2-7H2,1H3. The van der Waals surface area contributed by atoms with Crippen molar-refractivity contribution >= 4 is 0 Å². The second-order valence-corrected chi connectivity index (χ2v) is 5.36. The summed E-state index contributed by atoms with van der Waals surface area (Å²) in [5.41, 5.74) is 0.822. The Bertz CT molecular complexity index is 180. The molecule has 3 fully saturated rings. The van der Waals surface area contributed by atoms with E-state index in [-0.39, 0.29) is 0 Å². The summed E-state index contributed by atoms with van der Waals surface area (Å²) in [6, 6.07) is 0. The molecule has 3 saturated carbocycles. The minimum absolute atomic E-state index is 0.822. The first-order valence-corrected chi connectivity index (χ1v) is 5.29. The van der Waals surface area contributed by atoms with Crippen LogP contribution in [0.1, 0.15) is 45.4 Å². The molecule has 0 radical (unpaired) electrons. The molecule has 62 valence electrons. The Hall–Kier alpha value is 0. The average molecular weight is 150 g/mol. The molecule has 0 N–H and O–H groups in total. The van der Waals surface area contributed by atoms with Crippen molar-refractivity contribution in [2.45, 2.75) is 45.4 Å². The van der Waals surface area contributed by atoms with Crippen LogP contribution in [0.25, 0.3) is 0 Å². The molecule has 0 aliphatic heterocycles. The van der Waals surface area contributed by atoms with E-state index >= 15 is 0 Å². The summed E-state index contributed by atoms with van der Waals surface area (Å²) in [6.45, 7) is 2.58. The summed E-state index contributed by atoms with van der Waals surface area (Å²) in [5.74, 6) is 3.43. The van der Waals surface area contributed by atoms with Gasteiger partial charge in [-0.05, 0) is 55.3 Å². The first kappa shape index (κ1) is 6.51. The zero-order chi connectivity index (χ0) is 7.47. The SMILES string of the molecule is CC1(C2CC2)CC2CCC1C2. The number of hydrogen-bond donors (Lipinski definition) is 0. The highest BCUT2D eigenvalue weighted by atomic mass is 14.6. The van der Waals surface area contributed by atoms with Gasteiger partial charge in [0.05, 0.1) is 0 Å². The fourth-order valence-corrected chi connectivity index (χ4v) is 3.89. The molecule has 0 heterocycles. The van der Waals surface area contributed by atoms with Gasteiger partial charge in [-0.1, -0.05) is 13.3 Å². The molecule has 11 heavy (non-hydrogen) atoms. The van der Waals surface area contributed by atoms with Gasteiger partial charge in [-0.15, -0.1) is 0 Å². The van der Waals surface area contributed by atoms with Gasteiger partial charge in [0, 0.05) is 0 Å². The quantitative estimate of drug-likeness (QED) is 0.538. The minimum atomic E-state index is 0.822. The maximum atomic E-state index is 2.58. The van der Waals surface area contributed by atoms with E-state index in [9.17, 15) is 0 Å². The molecule has 2 bridgehead atoms. The van der Waals surface area contributed by atoms with Gasteiger partial charge in [-0.3, -0.25) is 0 Å². The lowest BCUT2D eigenvalue weighted by molar-refractivity contribution is 0.155. The van der Waals surface area contributed by atoms with E-state index in [1.54, 1.807) is 38.5 Å². The van der Waals surface area contributed by atoms with Gasteiger partial charge in [0.1, 0.15) is 0 Å². The van der Waals surface area contributed by atoms with Crippen LogP contribution in [0, 0.1) is 23.2 Å². The molecular weight excluding hydrogens is 132 g/mol. The van der Waals surface area contributed by atoms with Crippen molar-refractivity contribution in [1.82, 2.24) is 0 Å². The van der Waals surface area contributed by atoms with E-state index in [2.05, 4.69) is 6.92 Å². The lowest BCUT2D eigenvalue weighted by Gasteiger charge is -2.34. The van der Waals surface area contributed by atoms with E-state index in [4.69, 9.17) is 0 Å². The van der Waals surface area contributed by atoms with Crippen molar-refractivity contribution in [3.05, 3.63) is 0 Å². The van der Waals surface area contributed by atoms with E-state index in [0.29, 0.717) is 0 Å². The second kappa shape index (κ2) is 1.84. The monoisotopic (exact) mass is 150 g/mol. The third-order valence-electron chi connectivity index (χ3n) is 4.71. The van der Waals surface area contributed by atoms with Gasteiger partial charge < -0.3 is 0 Å². The maximum absolute atomic E-state index is 2.58. The molecule has 3 unspecified atom stereocenters. The molecule has 0 aromatic carbocycles. The summed E-state index contributed by atoms with van der Waals surface area (Å²) in [6.07, 6.45) is 9.42. The van der Waals surface area contributed by atoms with Crippen LogP contribution in [0.15, 0.2) is 0 Å². The average Bonchev–Trinajstić information content (AvgIpc) is 2.68. The van der Waals surface area contributed by atoms with Gasteiger partial charge in [0.2, 0.25) is 0 Å². The summed E-state index contributed by atoms with van der Waals surface area (Å²) in [7, 11) is 0. The predicted octanol–water partition coefficient (Wildman–Crippen LogP) is 3.22. The van der Waals surface area contributed by atoms with Gasteiger partial charge in [0.25, 0.3) is 0 Å². The van der Waals surface area contributed by atoms with Gasteiger partial charge in [0.15, 0.2) is 0 Å². The van der Waals surface area contributed by atoms with Crippen LogP contribution in [0.5, 0.6) is 0 Å². The lowest BCUT2D eigenvalue weighted by Crippen LogP contribution is -2.26. The second-order valence-electron chi connectivity index (χ2n) is 5.36. The topological polar surface area (TPSA) is 0 Å². The third-order valence-corrected chi connectivity index (χ3v) is 4.71. The van der Waals surface area contributed by atoms with Crippen molar-refractivity contribution in [3.63, 3.8) is 0 Å². The van der Waals surface area contributed by atoms with Gasteiger partial charge in [-0.25, -0.2) is 0 Å². The van der Waals surface area contributed by atoms with E-state index < -0.39 is 0 Å². The maximum Gasteiger partial charge on any atom is -0.0266 e. The number of rotatable bonds is 1. The zero-order valence-corrected chi connectivity index (χ0v) is 7.47. The molecule has 0 amide bonds. The Kier molecular flexibility index (Phi) is 1.09. The van der Waals surface area contributed by atoms with E-state index in [0.717, 1.165) is 23.2 Å². The highest BCUT2D eigenvalue weighted by Crippen LogP contribution is 2.64. The fourth-order valence-electron chi connectivity index (χ4n) is 3.89. The van der Waals surface area contributed by atoms with Crippen LogP contribution in [0.3, 0.4) is 0 Å². The van der Waals surface area contributed by atoms with Crippen LogP contribution in [-0.2, 0) is 0 Å². The van der Waals surface area contributed by atoms with Crippen molar-refractivity contribution in [3.8, 4) is 0 Å². The van der Waals surface area contributed by atoms with Crippen LogP contribution < -0.4 is 0 Å². The molecule has 3 aliphatic carbocycles. The molecule has 0 nitrogen and oxygen atoms in total. The van der Waals surface area contributed by atoms with Crippen LogP contribution in [-0.4, -0.2) is 0 Å². The van der Waals surface area contributed by atoms with E-state index in [1.807, 2.05) is 0 Å². The van der Waals surface area contributed by atoms with Gasteiger partial charge in [-0.2, -0.15) is 0 Å². The van der Waals surface area contributed by atoms with Crippen molar-refractivity contribution in [1.29, 1.82) is 0 Å². The molecule has 0 aromatic rings. The largest absolute Gasteiger partial charge is 0.0591 e. The molecule has 0 aromatic heterocycles. The van der Waals surface area contributed by atoms with Crippen molar-refractivity contribution in [2.75, 3.05) is 0 Å². The Balaban J connectivity index is 1.87. The molecule has 0 heteroatoms. The first-order chi connectivity index (χ1) is 5.29. The van der Waals surface area contributed by atoms with Crippen LogP contribution in [0.4, 0.5) is 0 Å². The highest BCUT2D eigenvalue weighted by Gasteiger charge is 2.54. The Morgan fingerprint density at radius 1 is 1.00 bits per heavy atom. The molecular formula is C11H18. The van der Waals surface area contributed by atoms with Crippen LogP contribution >= 0.6 is 0 Å². The van der Waals surface area contributed by atoms with E-state index in [1.165, 1.54) is 0 Å². The molecule has 3 rings (SSSR count). The summed E-state index contributed by atoms with van der Waals surface area (Å²) in [5, 5.41) is 0. The van der Waals surface area contributed by atoms with Crippen LogP contribution in [0.2, 0.25) is 0 Å². The Morgan fingerprint density at radius 3 is 2.18 bits per heavy atom. The first-order valence-electron chi connectivity index (χ1n) is 5.29. The Morgan fingerprint density at radius 2 is 1.73 bits per heavy atom. The molecule has 0 spiro atoms. The molecule has 3 aliphatic rings. The minimum Gasteiger partial charge on any atom is -0.0591 e. The smallest absolute Gasteiger partial charge is 0.0266 e. The Labute approximate surface area is 69.4 Å². The molecule has 0 saturated heterocycles. The summed E-state index contributed by atoms with van der Waals surface area (Å²) >= 11 is 0. The zero-order valence-electron chi connectivity index (χ0n) is 7.47. The summed E-state index contributed by atoms with van der Waals surface area (Å²) < 4.78 is 0. The van der Waals surface area contributed by atoms with Crippen molar-refractivity contribution in [2.24, 2.45) is 23.2 Å². The van der Waals surface area contributed by atoms with Crippen molar-refractivity contribution < 1.29 is 0 Å². The summed E-state index contributed by atoms with van der Waals surface area (Å²) in [4.78, 5) is 0.